The third-order valence-corrected chi connectivity index (χ3v) is 4.10. The lowest BCUT2D eigenvalue weighted by molar-refractivity contribution is -0.231. The molecule has 128 valence electrons. The Balaban J connectivity index is 1.38. The van der Waals surface area contributed by atoms with E-state index in [1.165, 1.54) is 0 Å². The van der Waals surface area contributed by atoms with Crippen molar-refractivity contribution in [2.75, 3.05) is 39.6 Å². The summed E-state index contributed by atoms with van der Waals surface area (Å²) < 4.78 is 33.9. The van der Waals surface area contributed by atoms with Gasteiger partial charge in [0.15, 0.2) is 12.6 Å². The van der Waals surface area contributed by atoms with Gasteiger partial charge in [-0.15, -0.1) is 0 Å². The summed E-state index contributed by atoms with van der Waals surface area (Å²) >= 11 is 0. The summed E-state index contributed by atoms with van der Waals surface area (Å²) in [6.07, 6.45) is 6.40. The molecule has 22 heavy (non-hydrogen) atoms. The van der Waals surface area contributed by atoms with Crippen molar-refractivity contribution in [3.8, 4) is 0 Å². The Bertz CT molecular complexity index is 297. The summed E-state index contributed by atoms with van der Waals surface area (Å²) in [5, 5.41) is 0. The van der Waals surface area contributed by atoms with Gasteiger partial charge in [-0.1, -0.05) is 0 Å². The second kappa shape index (κ2) is 9.15. The molecule has 4 atom stereocenters. The van der Waals surface area contributed by atoms with Gasteiger partial charge >= 0.3 is 0 Å². The van der Waals surface area contributed by atoms with Crippen LogP contribution in [0.15, 0.2) is 0 Å². The van der Waals surface area contributed by atoms with Crippen LogP contribution in [-0.4, -0.2) is 64.4 Å². The van der Waals surface area contributed by atoms with Crippen molar-refractivity contribution < 1.29 is 28.4 Å². The summed E-state index contributed by atoms with van der Waals surface area (Å²) in [6, 6.07) is 0. The minimum absolute atomic E-state index is 0.0983. The van der Waals surface area contributed by atoms with Crippen LogP contribution in [0.2, 0.25) is 0 Å². The first kappa shape index (κ1) is 16.6. The standard InChI is InChI=1S/C16H28O6/c1-3-7-18-15(5-1)21-12-14(10-17-9-13-11-20-13)22-16-6-2-4-8-19-16/h13-16H,1-12H2. The largest absolute Gasteiger partial charge is 0.376 e. The minimum atomic E-state index is -0.129. The van der Waals surface area contributed by atoms with Gasteiger partial charge in [-0.2, -0.15) is 0 Å². The van der Waals surface area contributed by atoms with Crippen molar-refractivity contribution in [3.05, 3.63) is 0 Å². The molecule has 3 saturated heterocycles. The van der Waals surface area contributed by atoms with Gasteiger partial charge in [-0.05, 0) is 38.5 Å². The molecule has 0 bridgehead atoms. The van der Waals surface area contributed by atoms with E-state index < -0.39 is 0 Å². The summed E-state index contributed by atoms with van der Waals surface area (Å²) in [5.41, 5.74) is 0. The molecule has 0 radical (unpaired) electrons. The van der Waals surface area contributed by atoms with Crippen molar-refractivity contribution in [1.82, 2.24) is 0 Å². The van der Waals surface area contributed by atoms with E-state index in [4.69, 9.17) is 28.4 Å². The Morgan fingerprint density at radius 2 is 1.59 bits per heavy atom. The Morgan fingerprint density at radius 1 is 0.864 bits per heavy atom. The van der Waals surface area contributed by atoms with Crippen LogP contribution in [0.5, 0.6) is 0 Å². The van der Waals surface area contributed by atoms with Gasteiger partial charge in [-0.25, -0.2) is 0 Å². The van der Waals surface area contributed by atoms with Crippen LogP contribution in [-0.2, 0) is 28.4 Å². The minimum Gasteiger partial charge on any atom is -0.376 e. The zero-order valence-electron chi connectivity index (χ0n) is 13.2. The lowest BCUT2D eigenvalue weighted by Crippen LogP contribution is -2.36. The Labute approximate surface area is 132 Å². The third kappa shape index (κ3) is 6.10. The van der Waals surface area contributed by atoms with Crippen LogP contribution in [0.3, 0.4) is 0 Å². The molecule has 0 amide bonds. The monoisotopic (exact) mass is 316 g/mol. The van der Waals surface area contributed by atoms with Crippen molar-refractivity contribution in [3.63, 3.8) is 0 Å². The average molecular weight is 316 g/mol. The Kier molecular flexibility index (Phi) is 6.91. The second-order valence-electron chi connectivity index (χ2n) is 6.18. The van der Waals surface area contributed by atoms with Gasteiger partial charge in [0, 0.05) is 13.2 Å². The van der Waals surface area contributed by atoms with Crippen molar-refractivity contribution in [2.24, 2.45) is 0 Å². The van der Waals surface area contributed by atoms with Gasteiger partial charge in [0.2, 0.25) is 0 Å². The van der Waals surface area contributed by atoms with Gasteiger partial charge in [0.1, 0.15) is 12.2 Å². The van der Waals surface area contributed by atoms with E-state index in [-0.39, 0.29) is 24.8 Å². The zero-order chi connectivity index (χ0) is 15.0. The van der Waals surface area contributed by atoms with Gasteiger partial charge in [-0.3, -0.25) is 0 Å². The fourth-order valence-corrected chi connectivity index (χ4v) is 2.71. The number of hydrogen-bond donors (Lipinski definition) is 0. The van der Waals surface area contributed by atoms with Gasteiger partial charge < -0.3 is 28.4 Å². The molecule has 0 aliphatic carbocycles. The molecule has 6 nitrogen and oxygen atoms in total. The molecular weight excluding hydrogens is 288 g/mol. The molecule has 4 unspecified atom stereocenters. The maximum Gasteiger partial charge on any atom is 0.158 e. The molecule has 3 rings (SSSR count). The van der Waals surface area contributed by atoms with E-state index in [0.717, 1.165) is 58.3 Å². The molecular formula is C16H28O6. The number of ether oxygens (including phenoxy) is 6. The summed E-state index contributed by atoms with van der Waals surface area (Å²) in [7, 11) is 0. The quantitative estimate of drug-likeness (QED) is 0.605. The molecule has 0 N–H and O–H groups in total. The molecule has 0 aromatic heterocycles. The van der Waals surface area contributed by atoms with Crippen molar-refractivity contribution >= 4 is 0 Å². The topological polar surface area (TPSA) is 58.7 Å². The van der Waals surface area contributed by atoms with Crippen molar-refractivity contribution in [1.29, 1.82) is 0 Å². The summed E-state index contributed by atoms with van der Waals surface area (Å²) in [6.45, 7) is 4.00. The van der Waals surface area contributed by atoms with Crippen molar-refractivity contribution in [2.45, 2.75) is 63.3 Å². The second-order valence-corrected chi connectivity index (χ2v) is 6.18. The highest BCUT2D eigenvalue weighted by Gasteiger charge is 2.25. The first-order valence-corrected chi connectivity index (χ1v) is 8.60. The average Bonchev–Trinajstić information content (AvgIpc) is 3.39. The fourth-order valence-electron chi connectivity index (χ4n) is 2.71. The van der Waals surface area contributed by atoms with E-state index in [1.54, 1.807) is 0 Å². The summed E-state index contributed by atoms with van der Waals surface area (Å²) in [5.74, 6) is 0. The van der Waals surface area contributed by atoms with E-state index in [2.05, 4.69) is 0 Å². The van der Waals surface area contributed by atoms with E-state index in [0.29, 0.717) is 19.8 Å². The zero-order valence-corrected chi connectivity index (χ0v) is 13.2. The molecule has 0 spiro atoms. The SMILES string of the molecule is C1CCC(OCC(COCC2CO2)OC2CCCCO2)OC1. The number of epoxide rings is 1. The van der Waals surface area contributed by atoms with Gasteiger partial charge in [0.25, 0.3) is 0 Å². The van der Waals surface area contributed by atoms with E-state index in [9.17, 15) is 0 Å². The van der Waals surface area contributed by atoms with E-state index in [1.807, 2.05) is 0 Å². The van der Waals surface area contributed by atoms with Crippen LogP contribution < -0.4 is 0 Å². The highest BCUT2D eigenvalue weighted by Crippen LogP contribution is 2.18. The molecule has 3 heterocycles. The fraction of sp³-hybridized carbons (Fsp3) is 1.00. The molecule has 3 aliphatic heterocycles. The first-order valence-electron chi connectivity index (χ1n) is 8.60. The molecule has 0 saturated carbocycles. The number of hydrogen-bond acceptors (Lipinski definition) is 6. The molecule has 3 fully saturated rings. The Morgan fingerprint density at radius 3 is 2.23 bits per heavy atom. The normalized spacial score (nSPS) is 33.5. The lowest BCUT2D eigenvalue weighted by atomic mass is 10.2. The molecule has 3 aliphatic rings. The van der Waals surface area contributed by atoms with Crippen LogP contribution >= 0.6 is 0 Å². The van der Waals surface area contributed by atoms with Crippen LogP contribution in [0.25, 0.3) is 0 Å². The highest BCUT2D eigenvalue weighted by atomic mass is 16.7. The van der Waals surface area contributed by atoms with Crippen LogP contribution in [0.1, 0.15) is 38.5 Å². The maximum atomic E-state index is 6.02. The molecule has 6 heteroatoms. The summed E-state index contributed by atoms with van der Waals surface area (Å²) in [4.78, 5) is 0. The highest BCUT2D eigenvalue weighted by molar-refractivity contribution is 4.69. The predicted octanol–water partition coefficient (Wildman–Crippen LogP) is 1.86. The van der Waals surface area contributed by atoms with Crippen LogP contribution in [0.4, 0.5) is 0 Å². The van der Waals surface area contributed by atoms with E-state index >= 15 is 0 Å². The Hall–Kier alpha value is -0.240. The third-order valence-electron chi connectivity index (χ3n) is 4.10. The lowest BCUT2D eigenvalue weighted by Gasteiger charge is -2.29. The molecule has 0 aromatic rings. The molecule has 0 aromatic carbocycles. The maximum absolute atomic E-state index is 6.02. The smallest absolute Gasteiger partial charge is 0.158 e. The van der Waals surface area contributed by atoms with Crippen LogP contribution in [0, 0.1) is 0 Å². The number of rotatable bonds is 9. The van der Waals surface area contributed by atoms with Gasteiger partial charge in [0.05, 0.1) is 26.4 Å². The predicted molar refractivity (Wildman–Crippen MR) is 78.6 cm³/mol. The first-order chi connectivity index (χ1) is 10.9.